The molecule has 0 fully saturated rings. The van der Waals surface area contributed by atoms with Gasteiger partial charge >= 0.3 is 5.97 Å². The summed E-state index contributed by atoms with van der Waals surface area (Å²) < 4.78 is 16.0. The van der Waals surface area contributed by atoms with Crippen molar-refractivity contribution in [2.75, 3.05) is 19.8 Å². The van der Waals surface area contributed by atoms with Gasteiger partial charge in [0.25, 0.3) is 0 Å². The van der Waals surface area contributed by atoms with E-state index in [-0.39, 0.29) is 24.9 Å². The van der Waals surface area contributed by atoms with E-state index >= 15 is 0 Å². The summed E-state index contributed by atoms with van der Waals surface area (Å²) >= 11 is 0. The number of rotatable bonds is 10. The topological polar surface area (TPSA) is 65.0 Å². The first-order chi connectivity index (χ1) is 7.95. The summed E-state index contributed by atoms with van der Waals surface area (Å²) in [5.41, 5.74) is 0. The Morgan fingerprint density at radius 3 is 1.94 bits per heavy atom. The van der Waals surface area contributed by atoms with Crippen molar-refractivity contribution in [2.45, 2.75) is 52.4 Å². The maximum absolute atomic E-state index is 10.3. The first kappa shape index (κ1) is 16.4. The lowest BCUT2D eigenvalue weighted by Crippen LogP contribution is -2.26. The molecule has 0 amide bonds. The molecule has 0 saturated heterocycles. The van der Waals surface area contributed by atoms with E-state index in [4.69, 9.17) is 19.3 Å². The van der Waals surface area contributed by atoms with Crippen molar-refractivity contribution in [3.8, 4) is 0 Å². The lowest BCUT2D eigenvalue weighted by molar-refractivity contribution is -0.146. The number of aliphatic carboxylic acids is 1. The van der Waals surface area contributed by atoms with Crippen LogP contribution < -0.4 is 0 Å². The second-order valence-corrected chi connectivity index (χ2v) is 4.21. The van der Waals surface area contributed by atoms with Crippen LogP contribution in [-0.4, -0.2) is 49.2 Å². The number of carboxylic acid groups (broad SMARTS) is 1. The summed E-state index contributed by atoms with van der Waals surface area (Å²) in [5.74, 6) is -0.968. The average Bonchev–Trinajstić information content (AvgIpc) is 2.30. The summed E-state index contributed by atoms with van der Waals surface area (Å²) in [4.78, 5) is 10.3. The highest BCUT2D eigenvalue weighted by Gasteiger charge is 2.10. The van der Waals surface area contributed by atoms with E-state index in [0.717, 1.165) is 6.42 Å². The maximum Gasteiger partial charge on any atom is 0.329 e. The molecule has 3 atom stereocenters. The predicted molar refractivity (Wildman–Crippen MR) is 64.2 cm³/mol. The van der Waals surface area contributed by atoms with Gasteiger partial charge in [0, 0.05) is 0 Å². The maximum atomic E-state index is 10.3. The molecule has 0 saturated carbocycles. The third kappa shape index (κ3) is 10.2. The molecule has 0 aliphatic heterocycles. The molecule has 5 heteroatoms. The van der Waals surface area contributed by atoms with Crippen LogP contribution in [0.5, 0.6) is 0 Å². The van der Waals surface area contributed by atoms with Crippen LogP contribution in [0, 0.1) is 0 Å². The Balaban J connectivity index is 3.54. The van der Waals surface area contributed by atoms with Gasteiger partial charge in [0.05, 0.1) is 31.5 Å². The Hall–Kier alpha value is -0.650. The van der Waals surface area contributed by atoms with Crippen molar-refractivity contribution < 1.29 is 24.1 Å². The number of carbonyl (C=O) groups is 1. The monoisotopic (exact) mass is 248 g/mol. The summed E-state index contributed by atoms with van der Waals surface area (Å²) in [6.45, 7) is 8.42. The van der Waals surface area contributed by atoms with Crippen molar-refractivity contribution >= 4 is 5.97 Å². The molecule has 0 aromatic heterocycles. The fraction of sp³-hybridized carbons (Fsp3) is 0.917. The molecule has 17 heavy (non-hydrogen) atoms. The Labute approximate surface area is 103 Å². The van der Waals surface area contributed by atoms with Gasteiger partial charge in [-0.15, -0.1) is 0 Å². The van der Waals surface area contributed by atoms with Crippen LogP contribution in [0.4, 0.5) is 0 Å². The van der Waals surface area contributed by atoms with Crippen molar-refractivity contribution in [3.63, 3.8) is 0 Å². The summed E-state index contributed by atoms with van der Waals surface area (Å²) in [7, 11) is 0. The van der Waals surface area contributed by atoms with Gasteiger partial charge in [-0.05, 0) is 27.2 Å². The summed E-state index contributed by atoms with van der Waals surface area (Å²) in [6.07, 6.45) is 0.976. The third-order valence-electron chi connectivity index (χ3n) is 2.30. The van der Waals surface area contributed by atoms with Crippen molar-refractivity contribution in [1.29, 1.82) is 0 Å². The first-order valence-electron chi connectivity index (χ1n) is 6.02. The molecule has 1 N–H and O–H groups in total. The molecule has 0 aromatic rings. The highest BCUT2D eigenvalue weighted by atomic mass is 16.6. The number of hydrogen-bond acceptors (Lipinski definition) is 4. The standard InChI is InChI=1S/C12H24O5/c1-5-9(2)15-6-10(3)16-7-11(4)17-8-12(13)14/h9-11H,5-8H2,1-4H3,(H,13,14). The number of hydrogen-bond donors (Lipinski definition) is 1. The van der Waals surface area contributed by atoms with E-state index in [0.29, 0.717) is 13.2 Å². The van der Waals surface area contributed by atoms with E-state index in [1.165, 1.54) is 0 Å². The lowest BCUT2D eigenvalue weighted by Gasteiger charge is -2.19. The highest BCUT2D eigenvalue weighted by molar-refractivity contribution is 5.68. The predicted octanol–water partition coefficient (Wildman–Crippen LogP) is 1.70. The van der Waals surface area contributed by atoms with Crippen molar-refractivity contribution in [1.82, 2.24) is 0 Å². The first-order valence-corrected chi connectivity index (χ1v) is 6.02. The minimum atomic E-state index is -0.968. The second kappa shape index (κ2) is 9.39. The molecule has 0 rings (SSSR count). The van der Waals surface area contributed by atoms with Crippen LogP contribution >= 0.6 is 0 Å². The zero-order valence-electron chi connectivity index (χ0n) is 11.1. The van der Waals surface area contributed by atoms with Gasteiger partial charge in [-0.3, -0.25) is 0 Å². The second-order valence-electron chi connectivity index (χ2n) is 4.21. The molecule has 0 bridgehead atoms. The zero-order chi connectivity index (χ0) is 13.3. The van der Waals surface area contributed by atoms with Crippen LogP contribution in [-0.2, 0) is 19.0 Å². The molecule has 0 spiro atoms. The van der Waals surface area contributed by atoms with Crippen LogP contribution in [0.1, 0.15) is 34.1 Å². The number of ether oxygens (including phenoxy) is 3. The van der Waals surface area contributed by atoms with E-state index in [1.54, 1.807) is 6.92 Å². The van der Waals surface area contributed by atoms with Crippen molar-refractivity contribution in [2.24, 2.45) is 0 Å². The van der Waals surface area contributed by atoms with Crippen LogP contribution in [0.2, 0.25) is 0 Å². The fourth-order valence-corrected chi connectivity index (χ4v) is 1.03. The normalized spacial score (nSPS) is 16.5. The molecule has 5 nitrogen and oxygen atoms in total. The van der Waals surface area contributed by atoms with Gasteiger partial charge in [-0.2, -0.15) is 0 Å². The molecular weight excluding hydrogens is 224 g/mol. The molecule has 0 aliphatic carbocycles. The highest BCUT2D eigenvalue weighted by Crippen LogP contribution is 2.01. The average molecular weight is 248 g/mol. The SMILES string of the molecule is CCC(C)OCC(C)OCC(C)OCC(=O)O. The molecule has 0 heterocycles. The molecule has 102 valence electrons. The Bertz CT molecular complexity index is 207. The zero-order valence-corrected chi connectivity index (χ0v) is 11.1. The number of carboxylic acids is 1. The minimum absolute atomic E-state index is 0.0140. The fourth-order valence-electron chi connectivity index (χ4n) is 1.03. The van der Waals surface area contributed by atoms with Gasteiger partial charge in [-0.1, -0.05) is 6.92 Å². The Morgan fingerprint density at radius 1 is 1.00 bits per heavy atom. The van der Waals surface area contributed by atoms with Gasteiger partial charge in [0.2, 0.25) is 0 Å². The van der Waals surface area contributed by atoms with E-state index < -0.39 is 5.97 Å². The smallest absolute Gasteiger partial charge is 0.329 e. The Morgan fingerprint density at radius 2 is 1.47 bits per heavy atom. The van der Waals surface area contributed by atoms with Gasteiger partial charge in [-0.25, -0.2) is 4.79 Å². The summed E-state index contributed by atoms with van der Waals surface area (Å²) in [6, 6.07) is 0. The Kier molecular flexibility index (Phi) is 9.03. The minimum Gasteiger partial charge on any atom is -0.480 e. The quantitative estimate of drug-likeness (QED) is 0.637. The van der Waals surface area contributed by atoms with Gasteiger partial charge in [0.1, 0.15) is 6.61 Å². The molecular formula is C12H24O5. The molecule has 0 radical (unpaired) electrons. The van der Waals surface area contributed by atoms with E-state index in [2.05, 4.69) is 6.92 Å². The molecule has 3 unspecified atom stereocenters. The van der Waals surface area contributed by atoms with Crippen molar-refractivity contribution in [3.05, 3.63) is 0 Å². The van der Waals surface area contributed by atoms with E-state index in [9.17, 15) is 4.79 Å². The molecule has 0 aliphatic rings. The van der Waals surface area contributed by atoms with Crippen LogP contribution in [0.3, 0.4) is 0 Å². The van der Waals surface area contributed by atoms with E-state index in [1.807, 2.05) is 13.8 Å². The van der Waals surface area contributed by atoms with Gasteiger partial charge in [0.15, 0.2) is 0 Å². The largest absolute Gasteiger partial charge is 0.480 e. The molecule has 0 aromatic carbocycles. The van der Waals surface area contributed by atoms with Gasteiger partial charge < -0.3 is 19.3 Å². The van der Waals surface area contributed by atoms with Crippen LogP contribution in [0.25, 0.3) is 0 Å². The summed E-state index contributed by atoms with van der Waals surface area (Å²) in [5, 5.41) is 8.43. The third-order valence-corrected chi connectivity index (χ3v) is 2.30. The van der Waals surface area contributed by atoms with Crippen LogP contribution in [0.15, 0.2) is 0 Å². The lowest BCUT2D eigenvalue weighted by atomic mass is 10.3.